The lowest BCUT2D eigenvalue weighted by atomic mass is 10.1. The van der Waals surface area contributed by atoms with Crippen LogP contribution in [0.4, 0.5) is 0 Å². The molecule has 0 saturated carbocycles. The van der Waals surface area contributed by atoms with Crippen molar-refractivity contribution in [2.24, 2.45) is 5.73 Å². The number of benzene rings is 1. The van der Waals surface area contributed by atoms with Gasteiger partial charge in [0.05, 0.1) is 0 Å². The molecule has 0 fully saturated rings. The largest absolute Gasteiger partial charge is 0.330 e. The number of hydrogen-bond donors (Lipinski definition) is 2. The summed E-state index contributed by atoms with van der Waals surface area (Å²) in [5, 5.41) is 7.12. The van der Waals surface area contributed by atoms with Crippen LogP contribution >= 0.6 is 0 Å². The second-order valence-electron chi connectivity index (χ2n) is 3.75. The van der Waals surface area contributed by atoms with E-state index in [0.29, 0.717) is 6.54 Å². The van der Waals surface area contributed by atoms with Crippen molar-refractivity contribution in [2.45, 2.75) is 19.3 Å². The third kappa shape index (κ3) is 2.90. The Labute approximate surface area is 94.9 Å². The number of hydrogen-bond acceptors (Lipinski definition) is 3. The molecular weight excluding hydrogens is 200 g/mol. The van der Waals surface area contributed by atoms with Gasteiger partial charge < -0.3 is 5.73 Å². The zero-order valence-electron chi connectivity index (χ0n) is 9.19. The first-order valence-electron chi connectivity index (χ1n) is 5.52. The number of nitrogens with one attached hydrogen (secondary N) is 1. The van der Waals surface area contributed by atoms with Gasteiger partial charge in [-0.15, -0.1) is 0 Å². The molecule has 0 amide bonds. The predicted octanol–water partition coefficient (Wildman–Crippen LogP) is 1.29. The zero-order chi connectivity index (χ0) is 11.2. The summed E-state index contributed by atoms with van der Waals surface area (Å²) in [6.07, 6.45) is 2.58. The summed E-state index contributed by atoms with van der Waals surface area (Å²) in [4.78, 5) is 4.42. The van der Waals surface area contributed by atoms with Crippen LogP contribution in [-0.4, -0.2) is 21.7 Å². The average Bonchev–Trinajstić information content (AvgIpc) is 2.75. The van der Waals surface area contributed by atoms with E-state index in [-0.39, 0.29) is 0 Å². The SMILES string of the molecule is NCCCc1n[nH]c(Cc2ccccc2)n1. The van der Waals surface area contributed by atoms with Crippen LogP contribution in [-0.2, 0) is 12.8 Å². The molecule has 0 atom stereocenters. The Hall–Kier alpha value is -1.68. The second kappa shape index (κ2) is 5.42. The first-order chi connectivity index (χ1) is 7.88. The normalized spacial score (nSPS) is 10.6. The van der Waals surface area contributed by atoms with Crippen molar-refractivity contribution >= 4 is 0 Å². The molecule has 0 bridgehead atoms. The standard InChI is InChI=1S/C12H16N4/c13-8-4-7-11-14-12(16-15-11)9-10-5-2-1-3-6-10/h1-3,5-6H,4,7-9,13H2,(H,14,15,16). The fourth-order valence-corrected chi connectivity index (χ4v) is 1.58. The summed E-state index contributed by atoms with van der Waals surface area (Å²) >= 11 is 0. The first-order valence-corrected chi connectivity index (χ1v) is 5.52. The number of H-pyrrole nitrogens is 1. The lowest BCUT2D eigenvalue weighted by Gasteiger charge is -1.95. The van der Waals surface area contributed by atoms with Gasteiger partial charge in [-0.25, -0.2) is 4.98 Å². The summed E-state index contributed by atoms with van der Waals surface area (Å²) in [5.74, 6) is 1.77. The molecule has 0 radical (unpaired) electrons. The molecule has 1 aromatic heterocycles. The molecule has 0 saturated heterocycles. The van der Waals surface area contributed by atoms with E-state index in [9.17, 15) is 0 Å². The van der Waals surface area contributed by atoms with Gasteiger partial charge >= 0.3 is 0 Å². The number of nitrogens with zero attached hydrogens (tertiary/aromatic N) is 2. The fourth-order valence-electron chi connectivity index (χ4n) is 1.58. The van der Waals surface area contributed by atoms with Gasteiger partial charge in [0, 0.05) is 12.8 Å². The summed E-state index contributed by atoms with van der Waals surface area (Å²) < 4.78 is 0. The Bertz CT molecular complexity index is 422. The van der Waals surface area contributed by atoms with Crippen LogP contribution in [0.2, 0.25) is 0 Å². The van der Waals surface area contributed by atoms with E-state index < -0.39 is 0 Å². The maximum absolute atomic E-state index is 5.44. The van der Waals surface area contributed by atoms with Gasteiger partial charge in [-0.05, 0) is 18.5 Å². The highest BCUT2D eigenvalue weighted by atomic mass is 15.2. The van der Waals surface area contributed by atoms with Gasteiger partial charge in [0.1, 0.15) is 5.82 Å². The van der Waals surface area contributed by atoms with Crippen LogP contribution in [0.1, 0.15) is 23.6 Å². The number of rotatable bonds is 5. The summed E-state index contributed by atoms with van der Waals surface area (Å²) in [6, 6.07) is 10.2. The molecule has 0 aliphatic rings. The minimum Gasteiger partial charge on any atom is -0.330 e. The molecule has 4 heteroatoms. The molecule has 2 aromatic rings. The summed E-state index contributed by atoms with van der Waals surface area (Å²) in [6.45, 7) is 0.683. The van der Waals surface area contributed by atoms with Gasteiger partial charge in [0.25, 0.3) is 0 Å². The van der Waals surface area contributed by atoms with E-state index in [0.717, 1.165) is 30.9 Å². The van der Waals surface area contributed by atoms with Crippen LogP contribution in [0.15, 0.2) is 30.3 Å². The van der Waals surface area contributed by atoms with Crippen LogP contribution in [0.3, 0.4) is 0 Å². The van der Waals surface area contributed by atoms with Crippen molar-refractivity contribution in [3.8, 4) is 0 Å². The quantitative estimate of drug-likeness (QED) is 0.791. The summed E-state index contributed by atoms with van der Waals surface area (Å²) in [5.41, 5.74) is 6.68. The Morgan fingerprint density at radius 2 is 2.00 bits per heavy atom. The Balaban J connectivity index is 1.97. The lowest BCUT2D eigenvalue weighted by Crippen LogP contribution is -2.01. The van der Waals surface area contributed by atoms with Crippen LogP contribution in [0.25, 0.3) is 0 Å². The minimum atomic E-state index is 0.683. The third-order valence-corrected chi connectivity index (χ3v) is 2.40. The molecule has 0 aliphatic heterocycles. The number of aryl methyl sites for hydroxylation is 1. The fraction of sp³-hybridized carbons (Fsp3) is 0.333. The molecule has 16 heavy (non-hydrogen) atoms. The monoisotopic (exact) mass is 216 g/mol. The van der Waals surface area contributed by atoms with Crippen LogP contribution in [0.5, 0.6) is 0 Å². The maximum atomic E-state index is 5.44. The Kier molecular flexibility index (Phi) is 3.66. The molecule has 84 valence electrons. The molecule has 0 spiro atoms. The van der Waals surface area contributed by atoms with Crippen molar-refractivity contribution in [1.29, 1.82) is 0 Å². The van der Waals surface area contributed by atoms with E-state index in [1.807, 2.05) is 18.2 Å². The third-order valence-electron chi connectivity index (χ3n) is 2.40. The maximum Gasteiger partial charge on any atom is 0.150 e. The van der Waals surface area contributed by atoms with Crippen molar-refractivity contribution in [1.82, 2.24) is 15.2 Å². The van der Waals surface area contributed by atoms with E-state index in [4.69, 9.17) is 5.73 Å². The molecule has 0 aliphatic carbocycles. The van der Waals surface area contributed by atoms with E-state index in [1.165, 1.54) is 5.56 Å². The van der Waals surface area contributed by atoms with Crippen molar-refractivity contribution in [2.75, 3.05) is 6.54 Å². The topological polar surface area (TPSA) is 67.6 Å². The van der Waals surface area contributed by atoms with Crippen LogP contribution in [0, 0.1) is 0 Å². The second-order valence-corrected chi connectivity index (χ2v) is 3.75. The predicted molar refractivity (Wildman–Crippen MR) is 63.0 cm³/mol. The number of aromatic amines is 1. The molecule has 1 aromatic carbocycles. The molecule has 3 N–H and O–H groups in total. The minimum absolute atomic E-state index is 0.683. The Morgan fingerprint density at radius 3 is 2.75 bits per heavy atom. The van der Waals surface area contributed by atoms with Crippen molar-refractivity contribution in [3.63, 3.8) is 0 Å². The molecule has 4 nitrogen and oxygen atoms in total. The average molecular weight is 216 g/mol. The van der Waals surface area contributed by atoms with E-state index in [2.05, 4.69) is 27.3 Å². The highest BCUT2D eigenvalue weighted by Crippen LogP contribution is 2.05. The Morgan fingerprint density at radius 1 is 1.19 bits per heavy atom. The highest BCUT2D eigenvalue weighted by Gasteiger charge is 2.03. The lowest BCUT2D eigenvalue weighted by molar-refractivity contribution is 0.785. The van der Waals surface area contributed by atoms with E-state index >= 15 is 0 Å². The van der Waals surface area contributed by atoms with Gasteiger partial charge in [0.2, 0.25) is 0 Å². The smallest absolute Gasteiger partial charge is 0.150 e. The first kappa shape index (κ1) is 10.8. The van der Waals surface area contributed by atoms with E-state index in [1.54, 1.807) is 0 Å². The number of aromatic nitrogens is 3. The van der Waals surface area contributed by atoms with Crippen molar-refractivity contribution in [3.05, 3.63) is 47.5 Å². The summed E-state index contributed by atoms with van der Waals surface area (Å²) in [7, 11) is 0. The molecule has 2 rings (SSSR count). The van der Waals surface area contributed by atoms with Gasteiger partial charge in [-0.3, -0.25) is 5.10 Å². The highest BCUT2D eigenvalue weighted by molar-refractivity contribution is 5.18. The molecular formula is C12H16N4. The van der Waals surface area contributed by atoms with Gasteiger partial charge in [0.15, 0.2) is 5.82 Å². The molecule has 0 unspecified atom stereocenters. The van der Waals surface area contributed by atoms with Crippen LogP contribution < -0.4 is 5.73 Å². The zero-order valence-corrected chi connectivity index (χ0v) is 9.19. The van der Waals surface area contributed by atoms with Gasteiger partial charge in [-0.1, -0.05) is 30.3 Å². The molecule has 1 heterocycles. The van der Waals surface area contributed by atoms with Crippen molar-refractivity contribution < 1.29 is 0 Å². The van der Waals surface area contributed by atoms with Gasteiger partial charge in [-0.2, -0.15) is 5.10 Å². The number of nitrogens with two attached hydrogens (primary N) is 1.